The minimum absolute atomic E-state index is 0.159. The minimum Gasteiger partial charge on any atom is -0.393 e. The molecule has 0 aromatic rings. The van der Waals surface area contributed by atoms with Crippen LogP contribution in [-0.4, -0.2) is 11.9 Å². The molecular formula is C10H12O3. The van der Waals surface area contributed by atoms with E-state index in [0.717, 1.165) is 12.8 Å². The average molecular weight is 180 g/mol. The van der Waals surface area contributed by atoms with Gasteiger partial charge in [0.2, 0.25) is 0 Å². The monoisotopic (exact) mass is 180 g/mol. The molecule has 0 radical (unpaired) electrons. The van der Waals surface area contributed by atoms with Crippen LogP contribution in [0.4, 0.5) is 0 Å². The van der Waals surface area contributed by atoms with Gasteiger partial charge in [-0.05, 0) is 25.7 Å². The van der Waals surface area contributed by atoms with E-state index in [-0.39, 0.29) is 29.7 Å². The van der Waals surface area contributed by atoms with Crippen molar-refractivity contribution in [3.05, 3.63) is 12.2 Å². The van der Waals surface area contributed by atoms with E-state index in [1.807, 2.05) is 19.1 Å². The van der Waals surface area contributed by atoms with E-state index >= 15 is 0 Å². The zero-order valence-electron chi connectivity index (χ0n) is 7.53. The van der Waals surface area contributed by atoms with Gasteiger partial charge in [0.1, 0.15) is 0 Å². The average Bonchev–Trinajstić information content (AvgIpc) is 2.58. The van der Waals surface area contributed by atoms with Crippen molar-refractivity contribution >= 4 is 11.9 Å². The smallest absolute Gasteiger partial charge is 0.318 e. The van der Waals surface area contributed by atoms with Gasteiger partial charge in [-0.25, -0.2) is 0 Å². The maximum absolute atomic E-state index is 11.3. The number of rotatable bonds is 1. The maximum atomic E-state index is 11.3. The molecule has 0 aromatic heterocycles. The van der Waals surface area contributed by atoms with Gasteiger partial charge in [-0.3, -0.25) is 9.59 Å². The lowest BCUT2D eigenvalue weighted by molar-refractivity contribution is -0.154. The summed E-state index contributed by atoms with van der Waals surface area (Å²) in [5.74, 6) is -0.774. The molecule has 1 aliphatic carbocycles. The second-order valence-electron chi connectivity index (χ2n) is 3.64. The van der Waals surface area contributed by atoms with Crippen molar-refractivity contribution in [2.75, 3.05) is 0 Å². The van der Waals surface area contributed by atoms with Crippen LogP contribution >= 0.6 is 0 Å². The molecule has 1 saturated heterocycles. The standard InChI is InChI=1S/C10H12O3/c1-2-3-6-4-5-7-8(6)10(12)13-9(7)11/h2-3,6-8H,4-5H2,1H3/b3-2-. The van der Waals surface area contributed by atoms with Crippen molar-refractivity contribution < 1.29 is 14.3 Å². The van der Waals surface area contributed by atoms with Crippen molar-refractivity contribution in [1.82, 2.24) is 0 Å². The third-order valence-corrected chi connectivity index (χ3v) is 2.92. The molecule has 0 N–H and O–H groups in total. The molecule has 13 heavy (non-hydrogen) atoms. The topological polar surface area (TPSA) is 43.4 Å². The van der Waals surface area contributed by atoms with Gasteiger partial charge in [0, 0.05) is 0 Å². The third kappa shape index (κ3) is 1.19. The Kier molecular flexibility index (Phi) is 1.94. The second kappa shape index (κ2) is 2.98. The van der Waals surface area contributed by atoms with Crippen molar-refractivity contribution in [2.24, 2.45) is 17.8 Å². The first-order valence-electron chi connectivity index (χ1n) is 4.62. The van der Waals surface area contributed by atoms with E-state index in [9.17, 15) is 9.59 Å². The molecule has 3 unspecified atom stereocenters. The van der Waals surface area contributed by atoms with Gasteiger partial charge in [0.05, 0.1) is 11.8 Å². The number of carbonyl (C=O) groups is 2. The predicted octanol–water partition coefficient (Wildman–Crippen LogP) is 1.29. The molecule has 2 rings (SSSR count). The van der Waals surface area contributed by atoms with Crippen LogP contribution in [0.25, 0.3) is 0 Å². The summed E-state index contributed by atoms with van der Waals surface area (Å²) in [7, 11) is 0. The maximum Gasteiger partial charge on any atom is 0.318 e. The molecule has 0 bridgehead atoms. The summed E-state index contributed by atoms with van der Waals surface area (Å²) in [5.41, 5.74) is 0. The Balaban J connectivity index is 2.22. The van der Waals surface area contributed by atoms with Crippen LogP contribution in [-0.2, 0) is 14.3 Å². The van der Waals surface area contributed by atoms with Crippen LogP contribution in [0, 0.1) is 17.8 Å². The Hall–Kier alpha value is -1.12. The summed E-state index contributed by atoms with van der Waals surface area (Å²) in [6.45, 7) is 1.93. The lowest BCUT2D eigenvalue weighted by Crippen LogP contribution is -2.16. The summed E-state index contributed by atoms with van der Waals surface area (Å²) in [4.78, 5) is 22.4. The summed E-state index contributed by atoms with van der Waals surface area (Å²) in [5, 5.41) is 0. The molecule has 70 valence electrons. The number of fused-ring (bicyclic) bond motifs is 1. The van der Waals surface area contributed by atoms with Crippen LogP contribution in [0.15, 0.2) is 12.2 Å². The highest BCUT2D eigenvalue weighted by Crippen LogP contribution is 2.43. The first-order chi connectivity index (χ1) is 6.24. The van der Waals surface area contributed by atoms with E-state index in [1.54, 1.807) is 0 Å². The highest BCUT2D eigenvalue weighted by Gasteiger charge is 2.51. The fraction of sp³-hybridized carbons (Fsp3) is 0.600. The van der Waals surface area contributed by atoms with Crippen LogP contribution in [0.3, 0.4) is 0 Å². The first-order valence-corrected chi connectivity index (χ1v) is 4.62. The second-order valence-corrected chi connectivity index (χ2v) is 3.64. The van der Waals surface area contributed by atoms with Gasteiger partial charge in [-0.1, -0.05) is 12.2 Å². The van der Waals surface area contributed by atoms with E-state index in [2.05, 4.69) is 4.74 Å². The molecule has 2 fully saturated rings. The van der Waals surface area contributed by atoms with Crippen LogP contribution in [0.1, 0.15) is 19.8 Å². The van der Waals surface area contributed by atoms with Crippen molar-refractivity contribution in [3.8, 4) is 0 Å². The molecule has 0 spiro atoms. The number of esters is 2. The van der Waals surface area contributed by atoms with Crippen molar-refractivity contribution in [3.63, 3.8) is 0 Å². The van der Waals surface area contributed by atoms with Gasteiger partial charge in [0.15, 0.2) is 0 Å². The zero-order valence-corrected chi connectivity index (χ0v) is 7.53. The van der Waals surface area contributed by atoms with Gasteiger partial charge >= 0.3 is 11.9 Å². The fourth-order valence-electron chi connectivity index (χ4n) is 2.34. The van der Waals surface area contributed by atoms with Gasteiger partial charge in [-0.15, -0.1) is 0 Å². The largest absolute Gasteiger partial charge is 0.393 e. The predicted molar refractivity (Wildman–Crippen MR) is 45.6 cm³/mol. The molecule has 1 aliphatic heterocycles. The lowest BCUT2D eigenvalue weighted by Gasteiger charge is -2.08. The van der Waals surface area contributed by atoms with Gasteiger partial charge < -0.3 is 4.74 Å². The van der Waals surface area contributed by atoms with Crippen LogP contribution in [0.5, 0.6) is 0 Å². The minimum atomic E-state index is -0.324. The van der Waals surface area contributed by atoms with E-state index < -0.39 is 0 Å². The van der Waals surface area contributed by atoms with Crippen molar-refractivity contribution in [2.45, 2.75) is 19.8 Å². The third-order valence-electron chi connectivity index (χ3n) is 2.92. The highest BCUT2D eigenvalue weighted by atomic mass is 16.6. The number of hydrogen-bond acceptors (Lipinski definition) is 3. The van der Waals surface area contributed by atoms with E-state index in [1.165, 1.54) is 0 Å². The Morgan fingerprint density at radius 1 is 1.31 bits per heavy atom. The number of allylic oxidation sites excluding steroid dienone is 2. The molecule has 3 nitrogen and oxygen atoms in total. The fourth-order valence-corrected chi connectivity index (χ4v) is 2.34. The molecule has 3 heteroatoms. The molecule has 0 aromatic carbocycles. The van der Waals surface area contributed by atoms with Crippen LogP contribution in [0.2, 0.25) is 0 Å². The molecule has 0 amide bonds. The number of carbonyl (C=O) groups excluding carboxylic acids is 2. The van der Waals surface area contributed by atoms with Gasteiger partial charge in [-0.2, -0.15) is 0 Å². The number of ether oxygens (including phenoxy) is 1. The van der Waals surface area contributed by atoms with E-state index in [4.69, 9.17) is 0 Å². The summed E-state index contributed by atoms with van der Waals surface area (Å²) >= 11 is 0. The lowest BCUT2D eigenvalue weighted by atomic mass is 9.91. The Bertz CT molecular complexity index is 280. The normalized spacial score (nSPS) is 38.4. The quantitative estimate of drug-likeness (QED) is 0.347. The highest BCUT2D eigenvalue weighted by molar-refractivity contribution is 5.97. The van der Waals surface area contributed by atoms with Crippen molar-refractivity contribution in [1.29, 1.82) is 0 Å². The summed E-state index contributed by atoms with van der Waals surface area (Å²) in [6, 6.07) is 0. The summed E-state index contributed by atoms with van der Waals surface area (Å²) in [6.07, 6.45) is 5.67. The van der Waals surface area contributed by atoms with E-state index in [0.29, 0.717) is 0 Å². The SMILES string of the molecule is C/C=C\C1CCC2C(=O)OC(=O)C12. The number of cyclic esters (lactones) is 2. The number of hydrogen-bond donors (Lipinski definition) is 0. The van der Waals surface area contributed by atoms with Crippen LogP contribution < -0.4 is 0 Å². The Morgan fingerprint density at radius 2 is 2.08 bits per heavy atom. The molecule has 1 saturated carbocycles. The summed E-state index contributed by atoms with van der Waals surface area (Å²) < 4.78 is 4.59. The zero-order chi connectivity index (χ0) is 9.42. The first kappa shape index (κ1) is 8.48. The molecule has 2 aliphatic rings. The molecule has 3 atom stereocenters. The molecule has 1 heterocycles. The molecular weight excluding hydrogens is 168 g/mol. The van der Waals surface area contributed by atoms with Gasteiger partial charge in [0.25, 0.3) is 0 Å². The Morgan fingerprint density at radius 3 is 2.77 bits per heavy atom. The Labute approximate surface area is 76.8 Å².